The van der Waals surface area contributed by atoms with Gasteiger partial charge in [0.05, 0.1) is 5.69 Å². The number of piperazine rings is 1. The Balaban J connectivity index is 1.94. The first-order valence-electron chi connectivity index (χ1n) is 5.10. The molecule has 2 heterocycles. The van der Waals surface area contributed by atoms with E-state index < -0.39 is 0 Å². The third kappa shape index (κ3) is 2.13. The van der Waals surface area contributed by atoms with Gasteiger partial charge in [0.1, 0.15) is 5.76 Å². The van der Waals surface area contributed by atoms with Gasteiger partial charge in [-0.1, -0.05) is 0 Å². The molecule has 1 atom stereocenters. The van der Waals surface area contributed by atoms with Crippen LogP contribution in [0.25, 0.3) is 0 Å². The number of rotatable bonds is 2. The highest BCUT2D eigenvalue weighted by Crippen LogP contribution is 2.09. The lowest BCUT2D eigenvalue weighted by atomic mass is 10.2. The highest BCUT2D eigenvalue weighted by molar-refractivity contribution is 5.04. The quantitative estimate of drug-likeness (QED) is 0.757. The van der Waals surface area contributed by atoms with E-state index in [0.29, 0.717) is 6.04 Å². The molecule has 0 saturated carbocycles. The number of oxazole rings is 1. The van der Waals surface area contributed by atoms with E-state index in [-0.39, 0.29) is 0 Å². The van der Waals surface area contributed by atoms with Crippen molar-refractivity contribution >= 4 is 0 Å². The van der Waals surface area contributed by atoms with Crippen LogP contribution in [-0.4, -0.2) is 35.6 Å². The van der Waals surface area contributed by atoms with Gasteiger partial charge in [-0.15, -0.1) is 0 Å². The first-order valence-corrected chi connectivity index (χ1v) is 5.10. The van der Waals surface area contributed by atoms with E-state index in [2.05, 4.69) is 22.1 Å². The fourth-order valence-corrected chi connectivity index (χ4v) is 1.85. The molecule has 1 saturated heterocycles. The molecule has 0 amide bonds. The molecule has 1 fully saturated rings. The second-order valence-electron chi connectivity index (χ2n) is 3.95. The van der Waals surface area contributed by atoms with Crippen LogP contribution in [0.2, 0.25) is 0 Å². The molecular weight excluding hydrogens is 178 g/mol. The lowest BCUT2D eigenvalue weighted by Crippen LogP contribution is -2.48. The molecule has 0 radical (unpaired) electrons. The van der Waals surface area contributed by atoms with Gasteiger partial charge < -0.3 is 9.73 Å². The zero-order valence-corrected chi connectivity index (χ0v) is 8.79. The molecular formula is C10H17N3O. The van der Waals surface area contributed by atoms with Crippen molar-refractivity contribution in [3.8, 4) is 0 Å². The Morgan fingerprint density at radius 2 is 2.57 bits per heavy atom. The zero-order valence-electron chi connectivity index (χ0n) is 8.79. The summed E-state index contributed by atoms with van der Waals surface area (Å²) in [5.74, 6) is 0.941. The highest BCUT2D eigenvalue weighted by atomic mass is 16.3. The molecule has 0 aliphatic carbocycles. The van der Waals surface area contributed by atoms with Gasteiger partial charge in [0.15, 0.2) is 6.39 Å². The molecule has 1 aliphatic rings. The fraction of sp³-hybridized carbons (Fsp3) is 0.700. The van der Waals surface area contributed by atoms with E-state index in [9.17, 15) is 0 Å². The summed E-state index contributed by atoms with van der Waals surface area (Å²) < 4.78 is 5.18. The Hall–Kier alpha value is -0.870. The summed E-state index contributed by atoms with van der Waals surface area (Å²) in [6, 6.07) is 0.580. The smallest absolute Gasteiger partial charge is 0.181 e. The Labute approximate surface area is 84.3 Å². The van der Waals surface area contributed by atoms with E-state index in [4.69, 9.17) is 4.42 Å². The summed E-state index contributed by atoms with van der Waals surface area (Å²) in [5.41, 5.74) is 1.07. The van der Waals surface area contributed by atoms with Crippen molar-refractivity contribution in [3.63, 3.8) is 0 Å². The van der Waals surface area contributed by atoms with Crippen molar-refractivity contribution in [2.24, 2.45) is 0 Å². The molecule has 1 unspecified atom stereocenters. The van der Waals surface area contributed by atoms with Gasteiger partial charge >= 0.3 is 0 Å². The second kappa shape index (κ2) is 4.11. The molecule has 2 rings (SSSR count). The van der Waals surface area contributed by atoms with Crippen molar-refractivity contribution in [1.82, 2.24) is 15.2 Å². The standard InChI is InChI=1S/C10H17N3O/c1-8-5-13(4-3-11-8)6-10-9(2)14-7-12-10/h7-8,11H,3-6H2,1-2H3. The van der Waals surface area contributed by atoms with E-state index in [1.54, 1.807) is 0 Å². The van der Waals surface area contributed by atoms with E-state index in [0.717, 1.165) is 37.6 Å². The maximum absolute atomic E-state index is 5.18. The van der Waals surface area contributed by atoms with Crippen molar-refractivity contribution in [1.29, 1.82) is 0 Å². The average Bonchev–Trinajstić information content (AvgIpc) is 2.52. The number of nitrogens with zero attached hydrogens (tertiary/aromatic N) is 2. The summed E-state index contributed by atoms with van der Waals surface area (Å²) in [7, 11) is 0. The maximum Gasteiger partial charge on any atom is 0.181 e. The van der Waals surface area contributed by atoms with Gasteiger partial charge in [-0.05, 0) is 13.8 Å². The molecule has 14 heavy (non-hydrogen) atoms. The van der Waals surface area contributed by atoms with Crippen molar-refractivity contribution in [2.45, 2.75) is 26.4 Å². The highest BCUT2D eigenvalue weighted by Gasteiger charge is 2.17. The summed E-state index contributed by atoms with van der Waals surface area (Å²) >= 11 is 0. The number of hydrogen-bond acceptors (Lipinski definition) is 4. The Bertz CT molecular complexity index is 297. The number of hydrogen-bond donors (Lipinski definition) is 1. The van der Waals surface area contributed by atoms with Crippen LogP contribution in [0, 0.1) is 6.92 Å². The van der Waals surface area contributed by atoms with Crippen LogP contribution < -0.4 is 5.32 Å². The number of aromatic nitrogens is 1. The van der Waals surface area contributed by atoms with Crippen molar-refractivity contribution in [3.05, 3.63) is 17.8 Å². The lowest BCUT2D eigenvalue weighted by molar-refractivity contribution is 0.197. The number of nitrogens with one attached hydrogen (secondary N) is 1. The van der Waals surface area contributed by atoms with Crippen molar-refractivity contribution in [2.75, 3.05) is 19.6 Å². The minimum absolute atomic E-state index is 0.580. The van der Waals surface area contributed by atoms with Gasteiger partial charge in [0.2, 0.25) is 0 Å². The van der Waals surface area contributed by atoms with Crippen LogP contribution in [0.3, 0.4) is 0 Å². The topological polar surface area (TPSA) is 41.3 Å². The number of aryl methyl sites for hydroxylation is 1. The van der Waals surface area contributed by atoms with Gasteiger partial charge in [-0.2, -0.15) is 0 Å². The molecule has 0 bridgehead atoms. The van der Waals surface area contributed by atoms with Crippen LogP contribution >= 0.6 is 0 Å². The van der Waals surface area contributed by atoms with Gasteiger partial charge in [-0.3, -0.25) is 4.90 Å². The van der Waals surface area contributed by atoms with Crippen LogP contribution in [0.5, 0.6) is 0 Å². The predicted molar refractivity (Wildman–Crippen MR) is 54.0 cm³/mol. The van der Waals surface area contributed by atoms with Gasteiger partial charge in [0.25, 0.3) is 0 Å². The van der Waals surface area contributed by atoms with Crippen LogP contribution in [0.15, 0.2) is 10.8 Å². The maximum atomic E-state index is 5.18. The van der Waals surface area contributed by atoms with E-state index in [1.165, 1.54) is 6.39 Å². The molecule has 78 valence electrons. The third-order valence-electron chi connectivity index (χ3n) is 2.67. The van der Waals surface area contributed by atoms with Crippen LogP contribution in [0.4, 0.5) is 0 Å². The summed E-state index contributed by atoms with van der Waals surface area (Å²) in [4.78, 5) is 6.61. The van der Waals surface area contributed by atoms with Crippen molar-refractivity contribution < 1.29 is 4.42 Å². The average molecular weight is 195 g/mol. The van der Waals surface area contributed by atoms with Gasteiger partial charge in [0, 0.05) is 32.2 Å². The van der Waals surface area contributed by atoms with Gasteiger partial charge in [-0.25, -0.2) is 4.98 Å². The SMILES string of the molecule is Cc1ocnc1CN1CCNC(C)C1. The monoisotopic (exact) mass is 195 g/mol. The molecule has 1 N–H and O–H groups in total. The minimum Gasteiger partial charge on any atom is -0.448 e. The van der Waals surface area contributed by atoms with Crippen LogP contribution in [-0.2, 0) is 6.54 Å². The Morgan fingerprint density at radius 3 is 3.21 bits per heavy atom. The summed E-state index contributed by atoms with van der Waals surface area (Å²) in [5, 5.41) is 3.42. The molecule has 1 aromatic rings. The molecule has 4 nitrogen and oxygen atoms in total. The van der Waals surface area contributed by atoms with E-state index >= 15 is 0 Å². The molecule has 0 aromatic carbocycles. The lowest BCUT2D eigenvalue weighted by Gasteiger charge is -2.31. The molecule has 4 heteroatoms. The minimum atomic E-state index is 0.580. The van der Waals surface area contributed by atoms with E-state index in [1.807, 2.05) is 6.92 Å². The summed E-state index contributed by atoms with van der Waals surface area (Å²) in [6.45, 7) is 8.34. The Kier molecular flexibility index (Phi) is 2.84. The third-order valence-corrected chi connectivity index (χ3v) is 2.67. The second-order valence-corrected chi connectivity index (χ2v) is 3.95. The normalized spacial score (nSPS) is 24.0. The van der Waals surface area contributed by atoms with Crippen LogP contribution in [0.1, 0.15) is 18.4 Å². The fourth-order valence-electron chi connectivity index (χ4n) is 1.85. The molecule has 0 spiro atoms. The molecule has 1 aliphatic heterocycles. The largest absolute Gasteiger partial charge is 0.448 e. The predicted octanol–water partition coefficient (Wildman–Crippen LogP) is 0.777. The zero-order chi connectivity index (χ0) is 9.97. The summed E-state index contributed by atoms with van der Waals surface area (Å²) in [6.07, 6.45) is 1.52. The Morgan fingerprint density at radius 1 is 1.71 bits per heavy atom. The first-order chi connectivity index (χ1) is 6.75. The molecule has 1 aromatic heterocycles. The first kappa shape index (κ1) is 9.68.